The number of aromatic amines is 1. The lowest BCUT2D eigenvalue weighted by Gasteiger charge is -2.20. The SMILES string of the molecule is C[C@@H](/C(O)=C(\C#N)c1nc2ccccc2[nH]1)[NH+]1CCCC1. The van der Waals surface area contributed by atoms with Gasteiger partial charge < -0.3 is 15.0 Å². The molecule has 1 atom stereocenters. The van der Waals surface area contributed by atoms with E-state index in [2.05, 4.69) is 16.0 Å². The van der Waals surface area contributed by atoms with Crippen LogP contribution in [0.25, 0.3) is 16.6 Å². The maximum absolute atomic E-state index is 10.5. The Balaban J connectivity index is 1.99. The quantitative estimate of drug-likeness (QED) is 0.589. The van der Waals surface area contributed by atoms with Crippen molar-refractivity contribution < 1.29 is 10.0 Å². The number of rotatable bonds is 3. The normalized spacial score (nSPS) is 18.5. The third-order valence-electron chi connectivity index (χ3n) is 4.26. The van der Waals surface area contributed by atoms with Gasteiger partial charge in [0.25, 0.3) is 0 Å². The molecule has 0 saturated carbocycles. The second-order valence-corrected chi connectivity index (χ2v) is 5.56. The van der Waals surface area contributed by atoms with Crippen LogP contribution < -0.4 is 4.90 Å². The molecule has 5 nitrogen and oxygen atoms in total. The average molecular weight is 283 g/mol. The van der Waals surface area contributed by atoms with Gasteiger partial charge in [0, 0.05) is 12.8 Å². The van der Waals surface area contributed by atoms with Crippen LogP contribution in [0.1, 0.15) is 25.6 Å². The molecule has 21 heavy (non-hydrogen) atoms. The number of aromatic nitrogens is 2. The molecule has 1 aliphatic rings. The van der Waals surface area contributed by atoms with Crippen LogP contribution in [0.5, 0.6) is 0 Å². The summed E-state index contributed by atoms with van der Waals surface area (Å²) in [6.07, 6.45) is 2.36. The van der Waals surface area contributed by atoms with Crippen LogP contribution in [-0.2, 0) is 0 Å². The number of para-hydroxylation sites is 2. The molecule has 5 heteroatoms. The lowest BCUT2D eigenvalue weighted by Crippen LogP contribution is -3.13. The fraction of sp³-hybridized carbons (Fsp3) is 0.375. The zero-order chi connectivity index (χ0) is 14.8. The van der Waals surface area contributed by atoms with Crippen molar-refractivity contribution in [1.29, 1.82) is 5.26 Å². The summed E-state index contributed by atoms with van der Waals surface area (Å²) in [4.78, 5) is 8.85. The highest BCUT2D eigenvalue weighted by Crippen LogP contribution is 2.19. The predicted octanol–water partition coefficient (Wildman–Crippen LogP) is 1.42. The van der Waals surface area contributed by atoms with E-state index in [0.717, 1.165) is 24.1 Å². The molecule has 3 rings (SSSR count). The number of benzene rings is 1. The highest BCUT2D eigenvalue weighted by Gasteiger charge is 2.28. The fourth-order valence-electron chi connectivity index (χ4n) is 2.97. The number of aliphatic hydroxyl groups excluding tert-OH is 1. The molecule has 0 aliphatic carbocycles. The number of hydrogen-bond donors (Lipinski definition) is 3. The van der Waals surface area contributed by atoms with Crippen LogP contribution in [0.4, 0.5) is 0 Å². The number of allylic oxidation sites excluding steroid dienone is 1. The van der Waals surface area contributed by atoms with Gasteiger partial charge in [-0.2, -0.15) is 5.26 Å². The summed E-state index contributed by atoms with van der Waals surface area (Å²) < 4.78 is 0. The Hall–Kier alpha value is -2.32. The standard InChI is InChI=1S/C16H18N4O/c1-11(20-8-4-5-9-20)15(21)12(10-17)16-18-13-6-2-3-7-14(13)19-16/h2-3,6-7,11,21H,4-5,8-9H2,1H3,(H,18,19)/p+1/b15-12-/t11-/m0/s1. The van der Waals surface area contributed by atoms with Crippen molar-refractivity contribution in [1.82, 2.24) is 9.97 Å². The number of quaternary nitrogens is 1. The second-order valence-electron chi connectivity index (χ2n) is 5.56. The molecule has 0 unspecified atom stereocenters. The number of H-pyrrole nitrogens is 1. The summed E-state index contributed by atoms with van der Waals surface area (Å²) in [5.41, 5.74) is 1.92. The van der Waals surface area contributed by atoms with Crippen LogP contribution in [0.15, 0.2) is 30.0 Å². The van der Waals surface area contributed by atoms with Crippen LogP contribution in [0, 0.1) is 11.3 Å². The number of likely N-dealkylation sites (tertiary alicyclic amines) is 1. The van der Waals surface area contributed by atoms with Crippen LogP contribution in [-0.4, -0.2) is 34.2 Å². The van der Waals surface area contributed by atoms with Crippen LogP contribution >= 0.6 is 0 Å². The third kappa shape index (κ3) is 2.50. The molecule has 0 radical (unpaired) electrons. The van der Waals surface area contributed by atoms with Gasteiger partial charge in [0.2, 0.25) is 0 Å². The molecule has 108 valence electrons. The van der Waals surface area contributed by atoms with Gasteiger partial charge in [-0.3, -0.25) is 0 Å². The number of aliphatic hydroxyl groups is 1. The molecule has 0 amide bonds. The van der Waals surface area contributed by atoms with E-state index in [1.54, 1.807) is 0 Å². The fourth-order valence-corrected chi connectivity index (χ4v) is 2.97. The van der Waals surface area contributed by atoms with Crippen molar-refractivity contribution in [2.75, 3.05) is 13.1 Å². The van der Waals surface area contributed by atoms with Crippen molar-refractivity contribution in [3.63, 3.8) is 0 Å². The molecule has 0 spiro atoms. The molecular formula is C16H19N4O+. The molecule has 2 aromatic rings. The smallest absolute Gasteiger partial charge is 0.172 e. The van der Waals surface area contributed by atoms with E-state index in [-0.39, 0.29) is 17.4 Å². The minimum atomic E-state index is -0.0737. The molecule has 3 N–H and O–H groups in total. The van der Waals surface area contributed by atoms with E-state index >= 15 is 0 Å². The molecule has 1 saturated heterocycles. The van der Waals surface area contributed by atoms with E-state index in [9.17, 15) is 10.4 Å². The molecule has 1 fully saturated rings. The van der Waals surface area contributed by atoms with Gasteiger partial charge in [0.15, 0.2) is 11.6 Å². The number of nitrogens with one attached hydrogen (secondary N) is 2. The Labute approximate surface area is 123 Å². The van der Waals surface area contributed by atoms with Gasteiger partial charge in [-0.15, -0.1) is 0 Å². The highest BCUT2D eigenvalue weighted by molar-refractivity contribution is 5.82. The van der Waals surface area contributed by atoms with Crippen molar-refractivity contribution in [3.8, 4) is 6.07 Å². The Morgan fingerprint density at radius 1 is 1.38 bits per heavy atom. The number of nitriles is 1. The van der Waals surface area contributed by atoms with Crippen LogP contribution in [0.2, 0.25) is 0 Å². The molecule has 0 bridgehead atoms. The van der Waals surface area contributed by atoms with Crippen molar-refractivity contribution >= 4 is 16.6 Å². The van der Waals surface area contributed by atoms with Gasteiger partial charge in [0.1, 0.15) is 17.7 Å². The number of nitrogens with zero attached hydrogens (tertiary/aromatic N) is 2. The van der Waals surface area contributed by atoms with Gasteiger partial charge in [-0.25, -0.2) is 4.98 Å². The van der Waals surface area contributed by atoms with Crippen LogP contribution in [0.3, 0.4) is 0 Å². The highest BCUT2D eigenvalue weighted by atomic mass is 16.3. The van der Waals surface area contributed by atoms with E-state index in [1.165, 1.54) is 17.7 Å². The lowest BCUT2D eigenvalue weighted by atomic mass is 10.1. The largest absolute Gasteiger partial charge is 0.505 e. The van der Waals surface area contributed by atoms with E-state index in [0.29, 0.717) is 5.82 Å². The summed E-state index contributed by atoms with van der Waals surface area (Å²) in [5, 5.41) is 19.9. The van der Waals surface area contributed by atoms with Crippen molar-refractivity contribution in [2.45, 2.75) is 25.8 Å². The van der Waals surface area contributed by atoms with Crippen molar-refractivity contribution in [3.05, 3.63) is 35.8 Å². The number of fused-ring (bicyclic) bond motifs is 1. The summed E-state index contributed by atoms with van der Waals surface area (Å²) in [6.45, 7) is 4.06. The average Bonchev–Trinajstić information content (AvgIpc) is 3.16. The summed E-state index contributed by atoms with van der Waals surface area (Å²) in [7, 11) is 0. The summed E-state index contributed by atoms with van der Waals surface area (Å²) in [5.74, 6) is 0.579. The summed E-state index contributed by atoms with van der Waals surface area (Å²) >= 11 is 0. The monoisotopic (exact) mass is 283 g/mol. The summed E-state index contributed by atoms with van der Waals surface area (Å²) in [6, 6.07) is 9.64. The molecule has 2 heterocycles. The first-order valence-electron chi connectivity index (χ1n) is 7.33. The predicted molar refractivity (Wildman–Crippen MR) is 80.6 cm³/mol. The molecular weight excluding hydrogens is 264 g/mol. The Bertz CT molecular complexity index is 686. The van der Waals surface area contributed by atoms with Crippen molar-refractivity contribution in [2.24, 2.45) is 0 Å². The zero-order valence-electron chi connectivity index (χ0n) is 12.1. The minimum Gasteiger partial charge on any atom is -0.505 e. The zero-order valence-corrected chi connectivity index (χ0v) is 12.1. The second kappa shape index (κ2) is 5.58. The number of hydrogen-bond acceptors (Lipinski definition) is 3. The van der Waals surface area contributed by atoms with Gasteiger partial charge >= 0.3 is 0 Å². The topological polar surface area (TPSA) is 77.1 Å². The lowest BCUT2D eigenvalue weighted by molar-refractivity contribution is -0.907. The molecule has 1 aromatic heterocycles. The minimum absolute atomic E-state index is 0.0737. The first kappa shape index (κ1) is 13.7. The van der Waals surface area contributed by atoms with Gasteiger partial charge in [0.05, 0.1) is 24.1 Å². The molecule has 1 aliphatic heterocycles. The van der Waals surface area contributed by atoms with Gasteiger partial charge in [-0.1, -0.05) is 12.1 Å². The number of imidazole rings is 1. The van der Waals surface area contributed by atoms with E-state index in [1.807, 2.05) is 31.2 Å². The first-order valence-corrected chi connectivity index (χ1v) is 7.33. The van der Waals surface area contributed by atoms with E-state index in [4.69, 9.17) is 0 Å². The third-order valence-corrected chi connectivity index (χ3v) is 4.26. The first-order chi connectivity index (χ1) is 10.2. The maximum atomic E-state index is 10.5. The Morgan fingerprint density at radius 2 is 2.10 bits per heavy atom. The van der Waals surface area contributed by atoms with E-state index < -0.39 is 0 Å². The Kier molecular flexibility index (Phi) is 3.63. The Morgan fingerprint density at radius 3 is 2.76 bits per heavy atom. The molecule has 1 aromatic carbocycles. The maximum Gasteiger partial charge on any atom is 0.172 e. The van der Waals surface area contributed by atoms with Gasteiger partial charge in [-0.05, 0) is 19.1 Å².